The molecule has 0 unspecified atom stereocenters. The highest BCUT2D eigenvalue weighted by Gasteiger charge is 2.22. The van der Waals surface area contributed by atoms with E-state index in [0.717, 1.165) is 49.9 Å². The number of aromatic nitrogens is 1. The molecule has 5 nitrogen and oxygen atoms in total. The van der Waals surface area contributed by atoms with Crippen LogP contribution >= 0.6 is 11.6 Å². The maximum absolute atomic E-state index is 13.6. The van der Waals surface area contributed by atoms with Crippen LogP contribution in [0.15, 0.2) is 71.9 Å². The third kappa shape index (κ3) is 6.60. The summed E-state index contributed by atoms with van der Waals surface area (Å²) in [4.78, 5) is 21.9. The maximum Gasteiger partial charge on any atom is 0.258 e. The zero-order chi connectivity index (χ0) is 23.9. The number of aliphatic imine (C=N–C) groups is 1. The first-order chi connectivity index (χ1) is 16.5. The molecule has 34 heavy (non-hydrogen) atoms. The Hall–Kier alpha value is -3.32. The van der Waals surface area contributed by atoms with Crippen LogP contribution in [-0.2, 0) is 6.42 Å². The summed E-state index contributed by atoms with van der Waals surface area (Å²) in [6.45, 7) is 0. The molecule has 176 valence electrons. The van der Waals surface area contributed by atoms with Gasteiger partial charge in [-0.1, -0.05) is 23.7 Å². The molecule has 1 aliphatic rings. The molecule has 3 aromatic rings. The lowest BCUT2D eigenvalue weighted by Gasteiger charge is -2.27. The Kier molecular flexibility index (Phi) is 7.85. The number of benzene rings is 2. The minimum absolute atomic E-state index is 0.00133. The Morgan fingerprint density at radius 2 is 1.82 bits per heavy atom. The second-order valence-electron chi connectivity index (χ2n) is 8.40. The highest BCUT2D eigenvalue weighted by molar-refractivity contribution is 6.31. The van der Waals surface area contributed by atoms with Crippen LogP contribution in [0.5, 0.6) is 0 Å². The molecule has 1 aliphatic carbocycles. The summed E-state index contributed by atoms with van der Waals surface area (Å²) < 4.78 is 26.9. The predicted octanol–water partition coefficient (Wildman–Crippen LogP) is 6.01. The van der Waals surface area contributed by atoms with E-state index >= 15 is 0 Å². The second kappa shape index (κ2) is 11.2. The lowest BCUT2D eigenvalue weighted by molar-refractivity contribution is 0.0976. The first-order valence-corrected chi connectivity index (χ1v) is 11.6. The van der Waals surface area contributed by atoms with Crippen LogP contribution in [0.4, 0.5) is 14.5 Å². The van der Waals surface area contributed by atoms with Gasteiger partial charge < -0.3 is 5.32 Å². The van der Waals surface area contributed by atoms with Gasteiger partial charge in [0.05, 0.1) is 6.04 Å². The number of anilines is 1. The van der Waals surface area contributed by atoms with E-state index in [1.165, 1.54) is 6.07 Å². The van der Waals surface area contributed by atoms with Gasteiger partial charge in [-0.05, 0) is 86.6 Å². The Morgan fingerprint density at radius 3 is 2.53 bits per heavy atom. The van der Waals surface area contributed by atoms with Gasteiger partial charge in [0.25, 0.3) is 5.91 Å². The molecule has 1 saturated carbocycles. The summed E-state index contributed by atoms with van der Waals surface area (Å²) in [5, 5.41) is 6.34. The quantitative estimate of drug-likeness (QED) is 0.345. The van der Waals surface area contributed by atoms with Crippen molar-refractivity contribution in [1.29, 1.82) is 0 Å². The number of rotatable bonds is 5. The van der Waals surface area contributed by atoms with E-state index in [-0.39, 0.29) is 17.6 Å². The predicted molar refractivity (Wildman–Crippen MR) is 130 cm³/mol. The third-order valence-electron chi connectivity index (χ3n) is 5.85. The van der Waals surface area contributed by atoms with Crippen LogP contribution in [0.25, 0.3) is 0 Å². The van der Waals surface area contributed by atoms with Gasteiger partial charge in [-0.2, -0.15) is 0 Å². The number of hydrogen-bond acceptors (Lipinski definition) is 3. The maximum atomic E-state index is 13.6. The Bertz CT molecular complexity index is 1160. The molecule has 2 aromatic carbocycles. The number of halogens is 3. The molecule has 0 radical (unpaired) electrons. The van der Waals surface area contributed by atoms with Gasteiger partial charge in [0.2, 0.25) is 5.96 Å². The van der Waals surface area contributed by atoms with Crippen molar-refractivity contribution in [3.8, 4) is 0 Å². The molecule has 0 bridgehead atoms. The molecule has 0 saturated heterocycles. The summed E-state index contributed by atoms with van der Waals surface area (Å²) >= 11 is 6.09. The molecule has 1 fully saturated rings. The van der Waals surface area contributed by atoms with Gasteiger partial charge in [-0.15, -0.1) is 0 Å². The number of pyridine rings is 1. The van der Waals surface area contributed by atoms with E-state index in [1.807, 2.05) is 24.4 Å². The smallest absolute Gasteiger partial charge is 0.258 e. The Labute approximate surface area is 202 Å². The van der Waals surface area contributed by atoms with Crippen molar-refractivity contribution >= 4 is 29.2 Å². The zero-order valence-electron chi connectivity index (χ0n) is 18.5. The lowest BCUT2D eigenvalue weighted by atomic mass is 9.83. The second-order valence-corrected chi connectivity index (χ2v) is 8.83. The summed E-state index contributed by atoms with van der Waals surface area (Å²) in [6.07, 6.45) is 6.52. The van der Waals surface area contributed by atoms with Crippen molar-refractivity contribution in [2.75, 3.05) is 5.32 Å². The Morgan fingerprint density at radius 1 is 1.00 bits per heavy atom. The van der Waals surface area contributed by atoms with Crippen LogP contribution < -0.4 is 10.6 Å². The molecule has 1 heterocycles. The van der Waals surface area contributed by atoms with E-state index in [1.54, 1.807) is 24.3 Å². The van der Waals surface area contributed by atoms with Crippen LogP contribution in [-0.4, -0.2) is 22.9 Å². The van der Waals surface area contributed by atoms with E-state index in [4.69, 9.17) is 16.6 Å². The SMILES string of the molecule is O=C(NC(=NC1CCC(Cc2ccccn2)CC1)Nc1cccc(Cl)c1)c1ccc(F)c(F)c1. The lowest BCUT2D eigenvalue weighted by Crippen LogP contribution is -2.37. The van der Waals surface area contributed by atoms with E-state index in [0.29, 0.717) is 16.6 Å². The molecular formula is C26H25ClF2N4O. The van der Waals surface area contributed by atoms with Crippen molar-refractivity contribution in [3.63, 3.8) is 0 Å². The summed E-state index contributed by atoms with van der Waals surface area (Å²) in [7, 11) is 0. The van der Waals surface area contributed by atoms with Crippen molar-refractivity contribution in [1.82, 2.24) is 10.3 Å². The highest BCUT2D eigenvalue weighted by atomic mass is 35.5. The number of guanidine groups is 1. The van der Waals surface area contributed by atoms with Gasteiger partial charge in [0, 0.05) is 28.2 Å². The molecule has 1 amide bonds. The van der Waals surface area contributed by atoms with E-state index in [9.17, 15) is 13.6 Å². The van der Waals surface area contributed by atoms with Crippen molar-refractivity contribution in [2.45, 2.75) is 38.1 Å². The summed E-state index contributed by atoms with van der Waals surface area (Å²) in [5.41, 5.74) is 1.75. The van der Waals surface area contributed by atoms with Crippen LogP contribution in [0, 0.1) is 17.6 Å². The number of nitrogens with one attached hydrogen (secondary N) is 2. The monoisotopic (exact) mass is 482 g/mol. The Balaban J connectivity index is 1.46. The van der Waals surface area contributed by atoms with Gasteiger partial charge in [-0.25, -0.2) is 13.8 Å². The van der Waals surface area contributed by atoms with E-state index < -0.39 is 17.5 Å². The van der Waals surface area contributed by atoms with Gasteiger partial charge in [-0.3, -0.25) is 15.1 Å². The minimum Gasteiger partial charge on any atom is -0.326 e. The van der Waals surface area contributed by atoms with Crippen LogP contribution in [0.3, 0.4) is 0 Å². The van der Waals surface area contributed by atoms with Crippen molar-refractivity contribution < 1.29 is 13.6 Å². The molecule has 0 atom stereocenters. The fourth-order valence-corrected chi connectivity index (χ4v) is 4.28. The van der Waals surface area contributed by atoms with Gasteiger partial charge >= 0.3 is 0 Å². The van der Waals surface area contributed by atoms with Crippen LogP contribution in [0.1, 0.15) is 41.7 Å². The average Bonchev–Trinajstić information content (AvgIpc) is 2.83. The number of hydrogen-bond donors (Lipinski definition) is 2. The van der Waals surface area contributed by atoms with Gasteiger partial charge in [0.1, 0.15) is 0 Å². The number of nitrogens with zero attached hydrogens (tertiary/aromatic N) is 2. The van der Waals surface area contributed by atoms with Crippen molar-refractivity contribution in [2.24, 2.45) is 10.9 Å². The molecule has 4 rings (SSSR count). The molecular weight excluding hydrogens is 458 g/mol. The number of carbonyl (C=O) groups is 1. The fourth-order valence-electron chi connectivity index (χ4n) is 4.09. The summed E-state index contributed by atoms with van der Waals surface area (Å²) in [5.74, 6) is -1.89. The largest absolute Gasteiger partial charge is 0.326 e. The molecule has 1 aromatic heterocycles. The fraction of sp³-hybridized carbons (Fsp3) is 0.269. The van der Waals surface area contributed by atoms with Crippen LogP contribution in [0.2, 0.25) is 5.02 Å². The normalized spacial score (nSPS) is 18.4. The summed E-state index contributed by atoms with van der Waals surface area (Å²) in [6, 6.07) is 16.0. The topological polar surface area (TPSA) is 66.4 Å². The molecule has 0 spiro atoms. The first kappa shape index (κ1) is 23.8. The molecule has 2 N–H and O–H groups in total. The first-order valence-electron chi connectivity index (χ1n) is 11.2. The third-order valence-corrected chi connectivity index (χ3v) is 6.09. The van der Waals surface area contributed by atoms with Crippen molar-refractivity contribution in [3.05, 3.63) is 94.8 Å². The molecule has 8 heteroatoms. The number of amides is 1. The highest BCUT2D eigenvalue weighted by Crippen LogP contribution is 2.29. The van der Waals surface area contributed by atoms with Gasteiger partial charge in [0.15, 0.2) is 11.6 Å². The standard InChI is InChI=1S/C26H25ClF2N4O/c27-19-4-3-6-22(16-19)32-26(33-25(34)18-9-12-23(28)24(29)15-18)31-20-10-7-17(8-11-20)14-21-5-1-2-13-30-21/h1-6,9,12-13,15-17,20H,7-8,10-11,14H2,(H2,31,32,33,34). The zero-order valence-corrected chi connectivity index (χ0v) is 19.2. The number of carbonyl (C=O) groups excluding carboxylic acids is 1. The average molecular weight is 483 g/mol. The minimum atomic E-state index is -1.08. The van der Waals surface area contributed by atoms with E-state index in [2.05, 4.69) is 15.6 Å². The molecule has 0 aliphatic heterocycles.